The first-order valence-electron chi connectivity index (χ1n) is 5.71. The molecule has 92 valence electrons. The lowest BCUT2D eigenvalue weighted by Crippen LogP contribution is -2.17. The summed E-state index contributed by atoms with van der Waals surface area (Å²) in [7, 11) is 2.05. The third-order valence-corrected chi connectivity index (χ3v) is 5.87. The predicted octanol–water partition coefficient (Wildman–Crippen LogP) is 4.48. The Kier molecular flexibility index (Phi) is 5.02. The number of halogens is 1. The van der Waals surface area contributed by atoms with Crippen LogP contribution >= 0.6 is 45.3 Å². The second-order valence-corrected chi connectivity index (χ2v) is 8.01. The fourth-order valence-corrected chi connectivity index (χ4v) is 4.25. The van der Waals surface area contributed by atoms with Crippen LogP contribution in [0.4, 0.5) is 0 Å². The van der Waals surface area contributed by atoms with E-state index in [0.29, 0.717) is 6.04 Å². The average molecular weight is 377 g/mol. The third-order valence-electron chi connectivity index (χ3n) is 2.81. The van der Waals surface area contributed by atoms with Crippen molar-refractivity contribution in [3.8, 4) is 0 Å². The predicted molar refractivity (Wildman–Crippen MR) is 86.2 cm³/mol. The minimum atomic E-state index is 0.443. The highest BCUT2D eigenvalue weighted by Crippen LogP contribution is 2.27. The van der Waals surface area contributed by atoms with Gasteiger partial charge in [0, 0.05) is 22.2 Å². The molecule has 1 unspecified atom stereocenters. The molecule has 0 spiro atoms. The van der Waals surface area contributed by atoms with E-state index < -0.39 is 0 Å². The molecule has 17 heavy (non-hydrogen) atoms. The fourth-order valence-electron chi connectivity index (χ4n) is 1.82. The molecule has 0 aliphatic heterocycles. The topological polar surface area (TPSA) is 12.0 Å². The molecular weight excluding hydrogens is 361 g/mol. The van der Waals surface area contributed by atoms with Crippen molar-refractivity contribution in [3.05, 3.63) is 41.8 Å². The molecule has 0 saturated heterocycles. The first kappa shape index (κ1) is 13.5. The highest BCUT2D eigenvalue weighted by Gasteiger charge is 2.12. The van der Waals surface area contributed by atoms with Crippen LogP contribution in [0.1, 0.15) is 28.3 Å². The quantitative estimate of drug-likeness (QED) is 0.758. The molecule has 2 heterocycles. The van der Waals surface area contributed by atoms with E-state index in [1.54, 1.807) is 0 Å². The largest absolute Gasteiger partial charge is 0.313 e. The molecule has 0 aromatic carbocycles. The molecule has 2 aromatic rings. The lowest BCUT2D eigenvalue weighted by atomic mass is 10.1. The monoisotopic (exact) mass is 377 g/mol. The summed E-state index contributed by atoms with van der Waals surface area (Å²) in [5, 5.41) is 5.68. The minimum Gasteiger partial charge on any atom is -0.313 e. The first-order chi connectivity index (χ1) is 8.22. The molecule has 2 aromatic heterocycles. The standard InChI is InChI=1S/C13H16INS2/c1-3-10-4-5-11(17-10)7-12(15-2)9-6-13(14)16-8-9/h4-6,8,12,15H,3,7H2,1-2H3. The molecule has 1 atom stereocenters. The summed E-state index contributed by atoms with van der Waals surface area (Å²) in [6.07, 6.45) is 2.24. The van der Waals surface area contributed by atoms with Crippen molar-refractivity contribution >= 4 is 45.3 Å². The molecule has 0 aliphatic rings. The molecule has 1 nitrogen and oxygen atoms in total. The second-order valence-electron chi connectivity index (χ2n) is 3.95. The molecule has 0 saturated carbocycles. The Balaban J connectivity index is 2.09. The van der Waals surface area contributed by atoms with Crippen LogP contribution in [-0.2, 0) is 12.8 Å². The van der Waals surface area contributed by atoms with Crippen LogP contribution in [0, 0.1) is 2.88 Å². The van der Waals surface area contributed by atoms with Gasteiger partial charge in [0.15, 0.2) is 0 Å². The summed E-state index contributed by atoms with van der Waals surface area (Å²) < 4.78 is 1.36. The molecule has 2 rings (SSSR count). The molecule has 0 radical (unpaired) electrons. The SMILES string of the molecule is CCc1ccc(CC(NC)c2csc(I)c2)s1. The van der Waals surface area contributed by atoms with Gasteiger partial charge in [0.05, 0.1) is 2.88 Å². The molecule has 0 bridgehead atoms. The summed E-state index contributed by atoms with van der Waals surface area (Å²) in [6, 6.07) is 7.24. The van der Waals surface area contributed by atoms with Crippen molar-refractivity contribution in [1.29, 1.82) is 0 Å². The van der Waals surface area contributed by atoms with Crippen LogP contribution in [0.3, 0.4) is 0 Å². The average Bonchev–Trinajstić information content (AvgIpc) is 2.94. The van der Waals surface area contributed by atoms with Gasteiger partial charge in [0.1, 0.15) is 0 Å². The smallest absolute Gasteiger partial charge is 0.0656 e. The van der Waals surface area contributed by atoms with Gasteiger partial charge in [0.25, 0.3) is 0 Å². The maximum Gasteiger partial charge on any atom is 0.0656 e. The Morgan fingerprint density at radius 3 is 2.65 bits per heavy atom. The van der Waals surface area contributed by atoms with E-state index >= 15 is 0 Å². The molecule has 1 N–H and O–H groups in total. The Bertz CT molecular complexity index is 475. The maximum atomic E-state index is 3.42. The van der Waals surface area contributed by atoms with Gasteiger partial charge in [-0.3, -0.25) is 0 Å². The van der Waals surface area contributed by atoms with Crippen molar-refractivity contribution in [2.24, 2.45) is 0 Å². The Morgan fingerprint density at radius 2 is 2.12 bits per heavy atom. The van der Waals surface area contributed by atoms with Gasteiger partial charge in [-0.15, -0.1) is 22.7 Å². The lowest BCUT2D eigenvalue weighted by Gasteiger charge is -2.13. The lowest BCUT2D eigenvalue weighted by molar-refractivity contribution is 0.598. The Morgan fingerprint density at radius 1 is 1.35 bits per heavy atom. The zero-order valence-corrected chi connectivity index (χ0v) is 13.8. The summed E-state index contributed by atoms with van der Waals surface area (Å²) >= 11 is 6.14. The van der Waals surface area contributed by atoms with Crippen LogP contribution in [0.25, 0.3) is 0 Å². The van der Waals surface area contributed by atoms with E-state index in [1.807, 2.05) is 29.7 Å². The van der Waals surface area contributed by atoms with Crippen molar-refractivity contribution in [2.45, 2.75) is 25.8 Å². The Labute approximate surface area is 124 Å². The normalized spacial score (nSPS) is 12.9. The molecule has 4 heteroatoms. The van der Waals surface area contributed by atoms with E-state index in [2.05, 4.69) is 58.4 Å². The molecule has 0 aliphatic carbocycles. The van der Waals surface area contributed by atoms with Gasteiger partial charge in [0.2, 0.25) is 0 Å². The van der Waals surface area contributed by atoms with E-state index in [-0.39, 0.29) is 0 Å². The van der Waals surface area contributed by atoms with Crippen molar-refractivity contribution < 1.29 is 0 Å². The number of aryl methyl sites for hydroxylation is 1. The number of likely N-dealkylation sites (N-methyl/N-ethyl adjacent to an activating group) is 1. The van der Waals surface area contributed by atoms with Crippen LogP contribution in [0.15, 0.2) is 23.6 Å². The Hall–Kier alpha value is 0.0900. The van der Waals surface area contributed by atoms with Crippen LogP contribution in [-0.4, -0.2) is 7.05 Å². The van der Waals surface area contributed by atoms with Gasteiger partial charge in [-0.05, 0) is 65.2 Å². The van der Waals surface area contributed by atoms with E-state index in [1.165, 1.54) is 18.2 Å². The number of rotatable bonds is 5. The van der Waals surface area contributed by atoms with Crippen molar-refractivity contribution in [1.82, 2.24) is 5.32 Å². The van der Waals surface area contributed by atoms with Gasteiger partial charge >= 0.3 is 0 Å². The zero-order chi connectivity index (χ0) is 12.3. The van der Waals surface area contributed by atoms with Crippen LogP contribution in [0.5, 0.6) is 0 Å². The van der Waals surface area contributed by atoms with E-state index in [4.69, 9.17) is 0 Å². The number of hydrogen-bond acceptors (Lipinski definition) is 3. The highest BCUT2D eigenvalue weighted by atomic mass is 127. The zero-order valence-electron chi connectivity index (χ0n) is 10.00. The van der Waals surface area contributed by atoms with Gasteiger partial charge in [-0.1, -0.05) is 6.92 Å². The van der Waals surface area contributed by atoms with Crippen LogP contribution < -0.4 is 5.32 Å². The molecule has 0 fully saturated rings. The van der Waals surface area contributed by atoms with Gasteiger partial charge in [-0.25, -0.2) is 0 Å². The van der Waals surface area contributed by atoms with E-state index in [9.17, 15) is 0 Å². The van der Waals surface area contributed by atoms with E-state index in [0.717, 1.165) is 12.8 Å². The maximum absolute atomic E-state index is 3.42. The minimum absolute atomic E-state index is 0.443. The fraction of sp³-hybridized carbons (Fsp3) is 0.385. The van der Waals surface area contributed by atoms with Crippen LogP contribution in [0.2, 0.25) is 0 Å². The summed E-state index contributed by atoms with van der Waals surface area (Å²) in [5.74, 6) is 0. The van der Waals surface area contributed by atoms with Gasteiger partial charge in [-0.2, -0.15) is 0 Å². The number of hydrogen-bond donors (Lipinski definition) is 1. The van der Waals surface area contributed by atoms with Gasteiger partial charge < -0.3 is 5.32 Å². The van der Waals surface area contributed by atoms with Crippen molar-refractivity contribution in [2.75, 3.05) is 7.05 Å². The molecule has 0 amide bonds. The second kappa shape index (κ2) is 6.31. The summed E-state index contributed by atoms with van der Waals surface area (Å²) in [6.45, 7) is 2.21. The number of nitrogens with one attached hydrogen (secondary N) is 1. The molecular formula is C13H16INS2. The highest BCUT2D eigenvalue weighted by molar-refractivity contribution is 14.1. The number of thiophene rings is 2. The van der Waals surface area contributed by atoms with Crippen molar-refractivity contribution in [3.63, 3.8) is 0 Å². The summed E-state index contributed by atoms with van der Waals surface area (Å²) in [5.41, 5.74) is 1.41. The third kappa shape index (κ3) is 3.53. The first-order valence-corrected chi connectivity index (χ1v) is 8.49. The summed E-state index contributed by atoms with van der Waals surface area (Å²) in [4.78, 5) is 2.96.